The Bertz CT molecular complexity index is 1590. The number of thioether (sulfide) groups is 1. The molecule has 41 heavy (non-hydrogen) atoms. The highest BCUT2D eigenvalue weighted by molar-refractivity contribution is 8.00. The highest BCUT2D eigenvalue weighted by atomic mass is 32.2. The quantitative estimate of drug-likeness (QED) is 0.132. The number of carbonyl (C=O) groups is 1. The normalized spacial score (nSPS) is 15.9. The number of aromatic nitrogens is 2. The number of para-hydroxylation sites is 2. The number of amides is 1. The topological polar surface area (TPSA) is 55.2 Å². The van der Waals surface area contributed by atoms with Crippen molar-refractivity contribution in [2.75, 3.05) is 4.90 Å². The van der Waals surface area contributed by atoms with Crippen molar-refractivity contribution in [3.8, 4) is 11.3 Å². The van der Waals surface area contributed by atoms with Gasteiger partial charge in [0.25, 0.3) is 5.56 Å². The Labute approximate surface area is 246 Å². The van der Waals surface area contributed by atoms with Crippen molar-refractivity contribution in [1.29, 1.82) is 0 Å². The predicted octanol–water partition coefficient (Wildman–Crippen LogP) is 7.70. The Morgan fingerprint density at radius 3 is 2.22 bits per heavy atom. The van der Waals surface area contributed by atoms with Gasteiger partial charge in [-0.3, -0.25) is 19.1 Å². The molecule has 1 amide bonds. The molecule has 1 heterocycles. The van der Waals surface area contributed by atoms with Gasteiger partial charge in [0.15, 0.2) is 5.16 Å². The van der Waals surface area contributed by atoms with Crippen LogP contribution in [0, 0.1) is 0 Å². The summed E-state index contributed by atoms with van der Waals surface area (Å²) in [7, 11) is 0. The van der Waals surface area contributed by atoms with E-state index >= 15 is 0 Å². The van der Waals surface area contributed by atoms with Crippen molar-refractivity contribution >= 4 is 29.0 Å². The van der Waals surface area contributed by atoms with E-state index in [1.807, 2.05) is 73.7 Å². The third-order valence-electron chi connectivity index (χ3n) is 8.47. The first kappa shape index (κ1) is 27.3. The van der Waals surface area contributed by atoms with Gasteiger partial charge in [-0.05, 0) is 56.0 Å². The molecule has 6 rings (SSSR count). The van der Waals surface area contributed by atoms with E-state index in [4.69, 9.17) is 4.98 Å². The zero-order valence-corrected chi connectivity index (χ0v) is 24.3. The molecule has 0 radical (unpaired) electrons. The fourth-order valence-electron chi connectivity index (χ4n) is 6.55. The lowest BCUT2D eigenvalue weighted by Gasteiger charge is -2.42. The van der Waals surface area contributed by atoms with Crippen molar-refractivity contribution < 1.29 is 4.79 Å². The van der Waals surface area contributed by atoms with Gasteiger partial charge in [-0.25, -0.2) is 4.98 Å². The SMILES string of the molecule is C=CCn1c(SC(C)C(=O)N(c2ccccc2)c2ccccc2)nc2c(c1=O)C1(CCCCC1)Cc1ccccc1-2. The van der Waals surface area contributed by atoms with E-state index in [-0.39, 0.29) is 16.9 Å². The lowest BCUT2D eigenvalue weighted by Crippen LogP contribution is -2.43. The van der Waals surface area contributed by atoms with Crippen LogP contribution in [0.4, 0.5) is 11.4 Å². The van der Waals surface area contributed by atoms with E-state index < -0.39 is 5.25 Å². The summed E-state index contributed by atoms with van der Waals surface area (Å²) in [6, 6.07) is 27.7. The van der Waals surface area contributed by atoms with Crippen molar-refractivity contribution in [1.82, 2.24) is 9.55 Å². The zero-order chi connectivity index (χ0) is 28.4. The lowest BCUT2D eigenvalue weighted by atomic mass is 9.62. The molecular formula is C35H35N3O2S. The number of anilines is 2. The Balaban J connectivity index is 1.44. The minimum atomic E-state index is -0.501. The predicted molar refractivity (Wildman–Crippen MR) is 168 cm³/mol. The highest BCUT2D eigenvalue weighted by Gasteiger charge is 2.43. The van der Waals surface area contributed by atoms with Gasteiger partial charge >= 0.3 is 0 Å². The van der Waals surface area contributed by atoms with Gasteiger partial charge in [-0.1, -0.05) is 97.8 Å². The maximum Gasteiger partial charge on any atom is 0.258 e. The summed E-state index contributed by atoms with van der Waals surface area (Å²) in [5.74, 6) is -0.0753. The lowest BCUT2D eigenvalue weighted by molar-refractivity contribution is -0.117. The van der Waals surface area contributed by atoms with E-state index in [0.717, 1.165) is 60.3 Å². The first-order valence-electron chi connectivity index (χ1n) is 14.5. The molecule has 1 aromatic heterocycles. The Hall–Kier alpha value is -3.90. The smallest absolute Gasteiger partial charge is 0.258 e. The molecule has 4 aromatic rings. The van der Waals surface area contributed by atoms with E-state index in [1.165, 1.54) is 23.7 Å². The summed E-state index contributed by atoms with van der Waals surface area (Å²) in [6.45, 7) is 6.18. The van der Waals surface area contributed by atoms with Crippen LogP contribution in [0.25, 0.3) is 11.3 Å². The number of fused-ring (bicyclic) bond motifs is 4. The molecule has 1 unspecified atom stereocenters. The molecule has 5 nitrogen and oxygen atoms in total. The maximum absolute atomic E-state index is 14.4. The fraction of sp³-hybridized carbons (Fsp3) is 0.286. The average molecular weight is 562 g/mol. The summed E-state index contributed by atoms with van der Waals surface area (Å²) in [5.41, 5.74) is 5.37. The Kier molecular flexibility index (Phi) is 7.67. The van der Waals surface area contributed by atoms with Crippen LogP contribution in [-0.4, -0.2) is 20.7 Å². The summed E-state index contributed by atoms with van der Waals surface area (Å²) in [4.78, 5) is 35.5. The van der Waals surface area contributed by atoms with Gasteiger partial charge in [0, 0.05) is 28.9 Å². The van der Waals surface area contributed by atoms with Crippen molar-refractivity contribution in [2.45, 2.75) is 67.8 Å². The number of nitrogens with zero attached hydrogens (tertiary/aromatic N) is 3. The van der Waals surface area contributed by atoms with Crippen LogP contribution >= 0.6 is 11.8 Å². The van der Waals surface area contributed by atoms with E-state index in [0.29, 0.717) is 11.7 Å². The second-order valence-corrected chi connectivity index (χ2v) is 12.4. The fourth-order valence-corrected chi connectivity index (χ4v) is 7.50. The number of hydrogen-bond acceptors (Lipinski definition) is 4. The molecule has 1 spiro atoms. The van der Waals surface area contributed by atoms with Crippen molar-refractivity contribution in [2.24, 2.45) is 0 Å². The molecule has 208 valence electrons. The Morgan fingerprint density at radius 1 is 0.976 bits per heavy atom. The molecule has 6 heteroatoms. The molecule has 0 saturated heterocycles. The first-order chi connectivity index (χ1) is 20.0. The summed E-state index contributed by atoms with van der Waals surface area (Å²) >= 11 is 1.35. The largest absolute Gasteiger partial charge is 0.283 e. The van der Waals surface area contributed by atoms with Crippen LogP contribution in [0.2, 0.25) is 0 Å². The van der Waals surface area contributed by atoms with Crippen LogP contribution in [0.1, 0.15) is 50.2 Å². The maximum atomic E-state index is 14.4. The third-order valence-corrected chi connectivity index (χ3v) is 9.54. The Morgan fingerprint density at radius 2 is 1.59 bits per heavy atom. The van der Waals surface area contributed by atoms with Gasteiger partial charge in [0.2, 0.25) is 5.91 Å². The molecule has 2 aliphatic rings. The summed E-state index contributed by atoms with van der Waals surface area (Å²) in [5, 5.41) is 0.0529. The van der Waals surface area contributed by atoms with E-state index in [2.05, 4.69) is 24.8 Å². The molecule has 1 fully saturated rings. The molecule has 0 aliphatic heterocycles. The molecule has 1 atom stereocenters. The molecule has 2 aliphatic carbocycles. The number of allylic oxidation sites excluding steroid dienone is 1. The second kappa shape index (κ2) is 11.5. The molecule has 0 N–H and O–H groups in total. The van der Waals surface area contributed by atoms with Crippen LogP contribution in [0.3, 0.4) is 0 Å². The van der Waals surface area contributed by atoms with Crippen LogP contribution in [0.15, 0.2) is 108 Å². The summed E-state index contributed by atoms with van der Waals surface area (Å²) < 4.78 is 1.74. The standard InChI is InChI=1S/C35H35N3O2S/c1-3-23-37-33(40)30-31(29-20-12-11-15-26(29)24-35(30)21-13-6-14-22-35)36-34(37)41-25(2)32(39)38(27-16-7-4-8-17-27)28-18-9-5-10-19-28/h3-5,7-12,15-20,25H,1,6,13-14,21-24H2,2H3. The summed E-state index contributed by atoms with van der Waals surface area (Å²) in [6.07, 6.45) is 8.09. The van der Waals surface area contributed by atoms with Crippen molar-refractivity contribution in [3.05, 3.63) is 119 Å². The van der Waals surface area contributed by atoms with Crippen LogP contribution < -0.4 is 10.5 Å². The van der Waals surface area contributed by atoms with Gasteiger partial charge in [0.1, 0.15) is 0 Å². The monoisotopic (exact) mass is 561 g/mol. The zero-order valence-electron chi connectivity index (χ0n) is 23.5. The van der Waals surface area contributed by atoms with Crippen molar-refractivity contribution in [3.63, 3.8) is 0 Å². The molecule has 1 saturated carbocycles. The van der Waals surface area contributed by atoms with Gasteiger partial charge < -0.3 is 0 Å². The van der Waals surface area contributed by atoms with E-state index in [1.54, 1.807) is 15.5 Å². The highest BCUT2D eigenvalue weighted by Crippen LogP contribution is 2.49. The van der Waals surface area contributed by atoms with Crippen LogP contribution in [0.5, 0.6) is 0 Å². The molecule has 3 aromatic carbocycles. The minimum absolute atomic E-state index is 0.0106. The second-order valence-electron chi connectivity index (χ2n) is 11.1. The minimum Gasteiger partial charge on any atom is -0.283 e. The van der Waals surface area contributed by atoms with Gasteiger partial charge in [-0.2, -0.15) is 0 Å². The van der Waals surface area contributed by atoms with Crippen LogP contribution in [-0.2, 0) is 23.2 Å². The third kappa shape index (κ3) is 5.06. The first-order valence-corrected chi connectivity index (χ1v) is 15.4. The van der Waals surface area contributed by atoms with Gasteiger partial charge in [-0.15, -0.1) is 6.58 Å². The molecular weight excluding hydrogens is 526 g/mol. The average Bonchev–Trinajstić information content (AvgIpc) is 3.00. The van der Waals surface area contributed by atoms with Gasteiger partial charge in [0.05, 0.1) is 16.5 Å². The number of carbonyl (C=O) groups excluding carboxylic acids is 1. The van der Waals surface area contributed by atoms with E-state index in [9.17, 15) is 9.59 Å². The molecule has 0 bridgehead atoms. The number of hydrogen-bond donors (Lipinski definition) is 0. The number of benzene rings is 3. The number of rotatable bonds is 7.